The predicted octanol–water partition coefficient (Wildman–Crippen LogP) is 5.66. The van der Waals surface area contributed by atoms with Crippen molar-refractivity contribution in [3.63, 3.8) is 0 Å². The predicted molar refractivity (Wildman–Crippen MR) is 116 cm³/mol. The molecule has 0 fully saturated rings. The average Bonchev–Trinajstić information content (AvgIpc) is 2.75. The lowest BCUT2D eigenvalue weighted by molar-refractivity contribution is -0.137. The van der Waals surface area contributed by atoms with Crippen molar-refractivity contribution in [2.24, 2.45) is 0 Å². The van der Waals surface area contributed by atoms with Crippen molar-refractivity contribution in [3.8, 4) is 11.8 Å². The van der Waals surface area contributed by atoms with Gasteiger partial charge < -0.3 is 4.57 Å². The van der Waals surface area contributed by atoms with Gasteiger partial charge in [-0.3, -0.25) is 4.79 Å². The lowest BCUT2D eigenvalue weighted by Gasteiger charge is -2.11. The number of halogens is 3. The Morgan fingerprint density at radius 1 is 0.806 bits per heavy atom. The van der Waals surface area contributed by atoms with Gasteiger partial charge in [0.15, 0.2) is 0 Å². The maximum atomic E-state index is 13.0. The van der Waals surface area contributed by atoms with Crippen LogP contribution in [0.5, 0.6) is 0 Å². The first-order chi connectivity index (χ1) is 14.9. The Kier molecular flexibility index (Phi) is 5.64. The smallest absolute Gasteiger partial charge is 0.310 e. The maximum absolute atomic E-state index is 13.0. The zero-order chi connectivity index (χ0) is 21.8. The Bertz CT molecular complexity index is 1340. The molecule has 0 radical (unpaired) electrons. The quantitative estimate of drug-likeness (QED) is 0.394. The second-order valence-electron chi connectivity index (χ2n) is 7.25. The Hall–Kier alpha value is -3.78. The van der Waals surface area contributed by atoms with Gasteiger partial charge in [-0.05, 0) is 46.2 Å². The molecule has 0 atom stereocenters. The fraction of sp³-hybridized carbons (Fsp3) is 0.115. The molecule has 31 heavy (non-hydrogen) atoms. The number of hydrogen-bond donors (Lipinski definition) is 0. The number of pyridine rings is 1. The highest BCUT2D eigenvalue weighted by molar-refractivity contribution is 5.83. The van der Waals surface area contributed by atoms with Crippen molar-refractivity contribution in [2.45, 2.75) is 19.1 Å². The van der Waals surface area contributed by atoms with Crippen molar-refractivity contribution < 1.29 is 13.2 Å². The molecule has 0 N–H and O–H groups in total. The minimum atomic E-state index is -4.42. The monoisotopic (exact) mass is 417 g/mol. The van der Waals surface area contributed by atoms with Crippen LogP contribution in [0.15, 0.2) is 89.9 Å². The molecule has 0 saturated carbocycles. The van der Waals surface area contributed by atoms with Crippen molar-refractivity contribution in [2.75, 3.05) is 0 Å². The van der Waals surface area contributed by atoms with Gasteiger partial charge in [-0.15, -0.1) is 0 Å². The van der Waals surface area contributed by atoms with E-state index in [1.807, 2.05) is 48.5 Å². The molecular weight excluding hydrogens is 399 g/mol. The van der Waals surface area contributed by atoms with Gasteiger partial charge >= 0.3 is 6.18 Å². The molecule has 4 rings (SSSR count). The van der Waals surface area contributed by atoms with E-state index in [9.17, 15) is 18.0 Å². The van der Waals surface area contributed by atoms with Gasteiger partial charge in [-0.25, -0.2) is 0 Å². The average molecular weight is 417 g/mol. The topological polar surface area (TPSA) is 22.0 Å². The molecule has 0 aliphatic rings. The molecule has 0 unspecified atom stereocenters. The summed E-state index contributed by atoms with van der Waals surface area (Å²) in [7, 11) is 0. The fourth-order valence-electron chi connectivity index (χ4n) is 3.35. The molecular formula is C26H18F3NO. The van der Waals surface area contributed by atoms with E-state index in [0.29, 0.717) is 12.0 Å². The number of benzene rings is 3. The SMILES string of the molecule is O=c1cc2ccc(C#CCc3ccccc3)cc2cn1Cc1cccc(C(F)(F)F)c1. The summed E-state index contributed by atoms with van der Waals surface area (Å²) in [6.45, 7) is 0.0581. The number of rotatable bonds is 3. The minimum absolute atomic E-state index is 0.0581. The molecule has 0 amide bonds. The first-order valence-corrected chi connectivity index (χ1v) is 9.72. The molecule has 0 aliphatic heterocycles. The van der Waals surface area contributed by atoms with Crippen LogP contribution in [0, 0.1) is 11.8 Å². The van der Waals surface area contributed by atoms with Crippen LogP contribution >= 0.6 is 0 Å². The molecule has 0 aliphatic carbocycles. The molecule has 0 spiro atoms. The van der Waals surface area contributed by atoms with Crippen LogP contribution in [0.2, 0.25) is 0 Å². The number of hydrogen-bond acceptors (Lipinski definition) is 1. The normalized spacial score (nSPS) is 11.2. The summed E-state index contributed by atoms with van der Waals surface area (Å²) in [6, 6.07) is 22.0. The second-order valence-corrected chi connectivity index (χ2v) is 7.25. The summed E-state index contributed by atoms with van der Waals surface area (Å²) < 4.78 is 40.3. The van der Waals surface area contributed by atoms with E-state index in [1.165, 1.54) is 16.7 Å². The standard InChI is InChI=1S/C26H18F3NO/c27-26(28,29)24-11-5-10-21(15-24)17-30-18-23-14-20(12-13-22(23)16-25(30)31)9-4-8-19-6-2-1-3-7-19/h1-3,5-7,10-16,18H,8,17H2. The lowest BCUT2D eigenvalue weighted by atomic mass is 10.1. The third-order valence-electron chi connectivity index (χ3n) is 4.92. The summed E-state index contributed by atoms with van der Waals surface area (Å²) >= 11 is 0. The molecule has 3 aromatic carbocycles. The van der Waals surface area contributed by atoms with Gasteiger partial charge in [0.1, 0.15) is 0 Å². The number of aromatic nitrogens is 1. The first-order valence-electron chi connectivity index (χ1n) is 9.72. The maximum Gasteiger partial charge on any atom is 0.416 e. The van der Waals surface area contributed by atoms with E-state index in [0.717, 1.165) is 34.0 Å². The van der Waals surface area contributed by atoms with Crippen LogP contribution in [0.3, 0.4) is 0 Å². The van der Waals surface area contributed by atoms with Gasteiger partial charge in [0.2, 0.25) is 0 Å². The molecule has 1 aromatic heterocycles. The molecule has 154 valence electrons. The largest absolute Gasteiger partial charge is 0.416 e. The molecule has 2 nitrogen and oxygen atoms in total. The van der Waals surface area contributed by atoms with E-state index in [2.05, 4.69) is 11.8 Å². The van der Waals surface area contributed by atoms with Gasteiger partial charge in [-0.2, -0.15) is 13.2 Å². The summed E-state index contributed by atoms with van der Waals surface area (Å²) in [5, 5.41) is 1.57. The van der Waals surface area contributed by atoms with Crippen LogP contribution in [-0.2, 0) is 19.1 Å². The third kappa shape index (κ3) is 5.04. The van der Waals surface area contributed by atoms with Crippen molar-refractivity contribution in [1.82, 2.24) is 4.57 Å². The number of fused-ring (bicyclic) bond motifs is 1. The highest BCUT2D eigenvalue weighted by Gasteiger charge is 2.30. The minimum Gasteiger partial charge on any atom is -0.310 e. The molecule has 0 bridgehead atoms. The van der Waals surface area contributed by atoms with Crippen LogP contribution < -0.4 is 5.56 Å². The van der Waals surface area contributed by atoms with E-state index in [1.54, 1.807) is 12.3 Å². The van der Waals surface area contributed by atoms with Crippen LogP contribution in [0.4, 0.5) is 13.2 Å². The summed E-state index contributed by atoms with van der Waals surface area (Å²) in [5.41, 5.74) is 1.36. The van der Waals surface area contributed by atoms with Gasteiger partial charge in [0.25, 0.3) is 5.56 Å². The van der Waals surface area contributed by atoms with E-state index in [-0.39, 0.29) is 12.1 Å². The third-order valence-corrected chi connectivity index (χ3v) is 4.92. The van der Waals surface area contributed by atoms with Gasteiger partial charge in [0.05, 0.1) is 12.1 Å². The number of alkyl halides is 3. The Morgan fingerprint density at radius 3 is 2.35 bits per heavy atom. The Balaban J connectivity index is 1.61. The fourth-order valence-corrected chi connectivity index (χ4v) is 3.35. The van der Waals surface area contributed by atoms with Crippen molar-refractivity contribution in [1.29, 1.82) is 0 Å². The summed E-state index contributed by atoms with van der Waals surface area (Å²) in [6.07, 6.45) is -2.12. The molecule has 1 heterocycles. The second kappa shape index (κ2) is 8.53. The van der Waals surface area contributed by atoms with E-state index < -0.39 is 11.7 Å². The Morgan fingerprint density at radius 2 is 1.58 bits per heavy atom. The van der Waals surface area contributed by atoms with Crippen molar-refractivity contribution >= 4 is 10.8 Å². The van der Waals surface area contributed by atoms with E-state index >= 15 is 0 Å². The molecule has 0 saturated heterocycles. The zero-order valence-corrected chi connectivity index (χ0v) is 16.5. The first kappa shape index (κ1) is 20.5. The van der Waals surface area contributed by atoms with Crippen LogP contribution in [0.25, 0.3) is 10.8 Å². The number of nitrogens with zero attached hydrogens (tertiary/aromatic N) is 1. The van der Waals surface area contributed by atoms with Crippen LogP contribution in [-0.4, -0.2) is 4.57 Å². The Labute approximate surface area is 177 Å². The van der Waals surface area contributed by atoms with Gasteiger partial charge in [0, 0.05) is 24.2 Å². The zero-order valence-electron chi connectivity index (χ0n) is 16.5. The highest BCUT2D eigenvalue weighted by atomic mass is 19.4. The summed E-state index contributed by atoms with van der Waals surface area (Å²) in [5.74, 6) is 6.27. The van der Waals surface area contributed by atoms with Crippen LogP contribution in [0.1, 0.15) is 22.3 Å². The lowest BCUT2D eigenvalue weighted by Crippen LogP contribution is -2.19. The van der Waals surface area contributed by atoms with Gasteiger partial charge in [-0.1, -0.05) is 60.4 Å². The summed E-state index contributed by atoms with van der Waals surface area (Å²) in [4.78, 5) is 12.4. The highest BCUT2D eigenvalue weighted by Crippen LogP contribution is 2.29. The van der Waals surface area contributed by atoms with E-state index in [4.69, 9.17) is 0 Å². The molecule has 4 aromatic rings. The van der Waals surface area contributed by atoms with Crippen molar-refractivity contribution in [3.05, 3.63) is 118 Å². The molecule has 5 heteroatoms.